The van der Waals surface area contributed by atoms with E-state index in [0.717, 1.165) is 22.5 Å². The molecule has 0 aliphatic carbocycles. The average Bonchev–Trinajstić information content (AvgIpc) is 2.72. The largest absolute Gasteiger partial charge is 0.482 e. The number of fused-ring (bicyclic) bond motifs is 1. The zero-order valence-electron chi connectivity index (χ0n) is 15.5. The molecule has 0 saturated carbocycles. The fourth-order valence-electron chi connectivity index (χ4n) is 3.18. The highest BCUT2D eigenvalue weighted by molar-refractivity contribution is 6.04. The van der Waals surface area contributed by atoms with E-state index in [9.17, 15) is 9.59 Å². The van der Waals surface area contributed by atoms with Crippen LogP contribution < -0.4 is 15.0 Å². The van der Waals surface area contributed by atoms with Crippen LogP contribution in [0.15, 0.2) is 72.8 Å². The van der Waals surface area contributed by atoms with Gasteiger partial charge >= 0.3 is 0 Å². The van der Waals surface area contributed by atoms with E-state index in [0.29, 0.717) is 17.9 Å². The summed E-state index contributed by atoms with van der Waals surface area (Å²) in [7, 11) is 0. The summed E-state index contributed by atoms with van der Waals surface area (Å²) < 4.78 is 5.48. The topological polar surface area (TPSA) is 58.6 Å². The number of nitrogens with one attached hydrogen (secondary N) is 1. The van der Waals surface area contributed by atoms with Gasteiger partial charge in [-0.25, -0.2) is 0 Å². The Morgan fingerprint density at radius 3 is 2.50 bits per heavy atom. The molecule has 0 radical (unpaired) electrons. The maximum atomic E-state index is 12.5. The van der Waals surface area contributed by atoms with Gasteiger partial charge < -0.3 is 15.0 Å². The molecule has 1 heterocycles. The summed E-state index contributed by atoms with van der Waals surface area (Å²) in [6.07, 6.45) is 0. The highest BCUT2D eigenvalue weighted by atomic mass is 16.5. The van der Waals surface area contributed by atoms with Gasteiger partial charge in [0, 0.05) is 11.3 Å². The number of ether oxygens (including phenoxy) is 1. The molecule has 0 bridgehead atoms. The van der Waals surface area contributed by atoms with Crippen molar-refractivity contribution in [2.75, 3.05) is 16.8 Å². The molecule has 140 valence electrons. The molecular weight excluding hydrogens is 352 g/mol. The van der Waals surface area contributed by atoms with Crippen molar-refractivity contribution in [3.05, 3.63) is 89.5 Å². The molecule has 0 aromatic heterocycles. The quantitative estimate of drug-likeness (QED) is 0.748. The van der Waals surface area contributed by atoms with E-state index in [1.807, 2.05) is 67.6 Å². The number of carbonyl (C=O) groups is 2. The molecule has 1 aliphatic heterocycles. The van der Waals surface area contributed by atoms with Crippen LogP contribution in [0.1, 0.15) is 21.5 Å². The smallest absolute Gasteiger partial charge is 0.265 e. The fourth-order valence-corrected chi connectivity index (χ4v) is 3.18. The van der Waals surface area contributed by atoms with Crippen LogP contribution in [0.2, 0.25) is 0 Å². The summed E-state index contributed by atoms with van der Waals surface area (Å²) in [4.78, 5) is 26.5. The summed E-state index contributed by atoms with van der Waals surface area (Å²) in [5.41, 5.74) is 4.09. The fraction of sp³-hybridized carbons (Fsp3) is 0.130. The van der Waals surface area contributed by atoms with E-state index in [2.05, 4.69) is 5.32 Å². The normalized spacial score (nSPS) is 12.9. The Bertz CT molecular complexity index is 1030. The standard InChI is InChI=1S/C23H20N2O3/c1-16-6-2-3-7-19(16)24-23(27)18-12-10-17(11-13-18)14-25-20-8-4-5-9-21(20)28-15-22(25)26/h2-13H,14-15H2,1H3,(H,24,27). The lowest BCUT2D eigenvalue weighted by atomic mass is 10.1. The third kappa shape index (κ3) is 3.60. The van der Waals surface area contributed by atoms with Gasteiger partial charge in [-0.15, -0.1) is 0 Å². The Morgan fingerprint density at radius 1 is 1.00 bits per heavy atom. The van der Waals surface area contributed by atoms with Crippen LogP contribution in [0, 0.1) is 6.92 Å². The molecule has 5 nitrogen and oxygen atoms in total. The van der Waals surface area contributed by atoms with Crippen LogP contribution in [0.5, 0.6) is 5.75 Å². The first kappa shape index (κ1) is 17.8. The number of hydrogen-bond donors (Lipinski definition) is 1. The van der Waals surface area contributed by atoms with Gasteiger partial charge in [0.25, 0.3) is 11.8 Å². The molecule has 0 saturated heterocycles. The molecule has 5 heteroatoms. The molecule has 1 N–H and O–H groups in total. The van der Waals surface area contributed by atoms with Crippen LogP contribution in [0.25, 0.3) is 0 Å². The molecule has 2 amide bonds. The first-order valence-electron chi connectivity index (χ1n) is 9.10. The van der Waals surface area contributed by atoms with Crippen molar-refractivity contribution >= 4 is 23.2 Å². The van der Waals surface area contributed by atoms with Gasteiger partial charge in [0.15, 0.2) is 6.61 Å². The number of benzene rings is 3. The maximum absolute atomic E-state index is 12.5. The molecule has 0 atom stereocenters. The Hall–Kier alpha value is -3.60. The lowest BCUT2D eigenvalue weighted by molar-refractivity contribution is -0.121. The van der Waals surface area contributed by atoms with Gasteiger partial charge in [-0.05, 0) is 48.4 Å². The number of nitrogens with zero attached hydrogens (tertiary/aromatic N) is 1. The number of para-hydroxylation sites is 3. The lowest BCUT2D eigenvalue weighted by Gasteiger charge is -2.29. The molecule has 28 heavy (non-hydrogen) atoms. The van der Waals surface area contributed by atoms with E-state index < -0.39 is 0 Å². The number of anilines is 2. The summed E-state index contributed by atoms with van der Waals surface area (Å²) >= 11 is 0. The predicted octanol–water partition coefficient (Wildman–Crippen LogP) is 4.17. The van der Waals surface area contributed by atoms with Gasteiger partial charge in [0.05, 0.1) is 12.2 Å². The van der Waals surface area contributed by atoms with Crippen LogP contribution in [0.3, 0.4) is 0 Å². The minimum Gasteiger partial charge on any atom is -0.482 e. The lowest BCUT2D eigenvalue weighted by Crippen LogP contribution is -2.38. The van der Waals surface area contributed by atoms with Crippen LogP contribution in [-0.4, -0.2) is 18.4 Å². The first-order valence-corrected chi connectivity index (χ1v) is 9.10. The van der Waals surface area contributed by atoms with E-state index in [1.165, 1.54) is 0 Å². The Balaban J connectivity index is 1.49. The highest BCUT2D eigenvalue weighted by Gasteiger charge is 2.25. The number of aryl methyl sites for hydroxylation is 1. The monoisotopic (exact) mass is 372 g/mol. The zero-order valence-corrected chi connectivity index (χ0v) is 15.5. The highest BCUT2D eigenvalue weighted by Crippen LogP contribution is 2.32. The third-order valence-corrected chi connectivity index (χ3v) is 4.76. The van der Waals surface area contributed by atoms with Gasteiger partial charge in [0.2, 0.25) is 0 Å². The summed E-state index contributed by atoms with van der Waals surface area (Å²) in [6, 6.07) is 22.5. The molecule has 0 fully saturated rings. The van der Waals surface area contributed by atoms with Crippen molar-refractivity contribution in [2.45, 2.75) is 13.5 Å². The van der Waals surface area contributed by atoms with E-state index >= 15 is 0 Å². The van der Waals surface area contributed by atoms with Crippen molar-refractivity contribution in [1.29, 1.82) is 0 Å². The van der Waals surface area contributed by atoms with Crippen molar-refractivity contribution in [2.24, 2.45) is 0 Å². The average molecular weight is 372 g/mol. The van der Waals surface area contributed by atoms with E-state index in [4.69, 9.17) is 4.74 Å². The SMILES string of the molecule is Cc1ccccc1NC(=O)c1ccc(CN2C(=O)COc3ccccc32)cc1. The molecule has 0 unspecified atom stereocenters. The molecule has 0 spiro atoms. The van der Waals surface area contributed by atoms with E-state index in [1.54, 1.807) is 17.0 Å². The zero-order chi connectivity index (χ0) is 19.5. The third-order valence-electron chi connectivity index (χ3n) is 4.76. The number of amides is 2. The van der Waals surface area contributed by atoms with Crippen LogP contribution >= 0.6 is 0 Å². The second-order valence-corrected chi connectivity index (χ2v) is 6.70. The second kappa shape index (κ2) is 7.56. The minimum atomic E-state index is -0.159. The van der Waals surface area contributed by atoms with Crippen LogP contribution in [-0.2, 0) is 11.3 Å². The van der Waals surface area contributed by atoms with Gasteiger partial charge in [-0.3, -0.25) is 9.59 Å². The Morgan fingerprint density at radius 2 is 1.71 bits per heavy atom. The first-order chi connectivity index (χ1) is 13.6. The predicted molar refractivity (Wildman–Crippen MR) is 109 cm³/mol. The van der Waals surface area contributed by atoms with Gasteiger partial charge in [-0.1, -0.05) is 42.5 Å². The van der Waals surface area contributed by atoms with E-state index in [-0.39, 0.29) is 18.4 Å². The number of carbonyl (C=O) groups excluding carboxylic acids is 2. The van der Waals surface area contributed by atoms with Crippen molar-refractivity contribution in [3.8, 4) is 5.75 Å². The maximum Gasteiger partial charge on any atom is 0.265 e. The number of hydrogen-bond acceptors (Lipinski definition) is 3. The van der Waals surface area contributed by atoms with Gasteiger partial charge in [0.1, 0.15) is 5.75 Å². The Labute approximate surface area is 163 Å². The molecule has 3 aromatic rings. The van der Waals surface area contributed by atoms with Crippen molar-refractivity contribution < 1.29 is 14.3 Å². The molecule has 4 rings (SSSR count). The molecular formula is C23H20N2O3. The molecule has 1 aliphatic rings. The Kier molecular flexibility index (Phi) is 4.81. The minimum absolute atomic E-state index is 0.0356. The summed E-state index contributed by atoms with van der Waals surface area (Å²) in [6.45, 7) is 2.42. The molecule has 3 aromatic carbocycles. The van der Waals surface area contributed by atoms with Crippen LogP contribution in [0.4, 0.5) is 11.4 Å². The van der Waals surface area contributed by atoms with Crippen molar-refractivity contribution in [1.82, 2.24) is 0 Å². The van der Waals surface area contributed by atoms with Crippen molar-refractivity contribution in [3.63, 3.8) is 0 Å². The summed E-state index contributed by atoms with van der Waals surface area (Å²) in [5.74, 6) is 0.463. The summed E-state index contributed by atoms with van der Waals surface area (Å²) in [5, 5.41) is 2.93. The number of rotatable bonds is 4. The second-order valence-electron chi connectivity index (χ2n) is 6.70. The van der Waals surface area contributed by atoms with Gasteiger partial charge in [-0.2, -0.15) is 0 Å².